The van der Waals surface area contributed by atoms with E-state index >= 15 is 0 Å². The highest BCUT2D eigenvalue weighted by atomic mass is 16.3. The van der Waals surface area contributed by atoms with Gasteiger partial charge in [0.05, 0.1) is 22.1 Å². The molecule has 0 aliphatic carbocycles. The number of aromatic nitrogens is 3. The van der Waals surface area contributed by atoms with Gasteiger partial charge >= 0.3 is 0 Å². The van der Waals surface area contributed by atoms with Gasteiger partial charge in [-0.3, -0.25) is 0 Å². The Morgan fingerprint density at radius 3 is 1.26 bits per heavy atom. The van der Waals surface area contributed by atoms with Gasteiger partial charge in [0.25, 0.3) is 0 Å². The van der Waals surface area contributed by atoms with Crippen LogP contribution in [0.25, 0.3) is 121 Å². The van der Waals surface area contributed by atoms with Gasteiger partial charge in [-0.15, -0.1) is 0 Å². The summed E-state index contributed by atoms with van der Waals surface area (Å²) >= 11 is 0. The summed E-state index contributed by atoms with van der Waals surface area (Å²) in [4.78, 5) is 3.68. The third-order valence-corrected chi connectivity index (χ3v) is 12.2. The van der Waals surface area contributed by atoms with Crippen molar-refractivity contribution < 1.29 is 4.42 Å². The highest BCUT2D eigenvalue weighted by Crippen LogP contribution is 2.39. The SMILES string of the molecule is c1cc(-c2ccc3[nH]c4ccc(-n5c6ccccc6c6ccccc65)cc4c3c2)cc(-c2ccc3oc4ccc(-n5c6ccccc6c6ccccc65)cc4c3c2)c1. The van der Waals surface area contributed by atoms with E-state index < -0.39 is 0 Å². The van der Waals surface area contributed by atoms with Crippen molar-refractivity contribution in [2.24, 2.45) is 0 Å². The molecule has 0 saturated carbocycles. The first kappa shape index (κ1) is 31.4. The maximum Gasteiger partial charge on any atom is 0.135 e. The lowest BCUT2D eigenvalue weighted by Crippen LogP contribution is -1.93. The second-order valence-electron chi connectivity index (χ2n) is 15.4. The Labute approximate surface area is 332 Å². The number of rotatable bonds is 4. The Kier molecular flexibility index (Phi) is 6.41. The molecule has 9 aromatic carbocycles. The van der Waals surface area contributed by atoms with Crippen molar-refractivity contribution in [2.45, 2.75) is 0 Å². The van der Waals surface area contributed by atoms with Gasteiger partial charge in [-0.1, -0.05) is 103 Å². The normalized spacial score (nSPS) is 12.1. The van der Waals surface area contributed by atoms with Gasteiger partial charge in [-0.2, -0.15) is 0 Å². The lowest BCUT2D eigenvalue weighted by molar-refractivity contribution is 0.669. The quantitative estimate of drug-likeness (QED) is 0.192. The lowest BCUT2D eigenvalue weighted by Gasteiger charge is -2.09. The largest absolute Gasteiger partial charge is 0.456 e. The number of nitrogens with zero attached hydrogens (tertiary/aromatic N) is 2. The van der Waals surface area contributed by atoms with Crippen LogP contribution < -0.4 is 0 Å². The first-order valence-electron chi connectivity index (χ1n) is 19.8. The van der Waals surface area contributed by atoms with Crippen molar-refractivity contribution in [3.8, 4) is 33.6 Å². The Bertz CT molecular complexity index is 3460. The molecule has 13 aromatic rings. The van der Waals surface area contributed by atoms with Gasteiger partial charge in [-0.05, 0) is 113 Å². The highest BCUT2D eigenvalue weighted by Gasteiger charge is 2.17. The number of para-hydroxylation sites is 4. The van der Waals surface area contributed by atoms with Crippen molar-refractivity contribution >= 4 is 87.4 Å². The third-order valence-electron chi connectivity index (χ3n) is 12.2. The van der Waals surface area contributed by atoms with Crippen LogP contribution in [0.4, 0.5) is 0 Å². The maximum absolute atomic E-state index is 6.41. The average Bonchev–Trinajstić information content (AvgIpc) is 4.03. The molecule has 4 nitrogen and oxygen atoms in total. The summed E-state index contributed by atoms with van der Waals surface area (Å²) in [6.07, 6.45) is 0. The average molecular weight is 740 g/mol. The van der Waals surface area contributed by atoms with Crippen LogP contribution in [0.1, 0.15) is 0 Å². The van der Waals surface area contributed by atoms with Crippen LogP contribution in [0, 0.1) is 0 Å². The molecule has 0 unspecified atom stereocenters. The number of H-pyrrole nitrogens is 1. The van der Waals surface area contributed by atoms with Crippen molar-refractivity contribution in [2.75, 3.05) is 0 Å². The molecule has 0 aliphatic rings. The van der Waals surface area contributed by atoms with Gasteiger partial charge in [0, 0.05) is 65.5 Å². The fourth-order valence-electron chi connectivity index (χ4n) is 9.57. The first-order chi connectivity index (χ1) is 28.7. The van der Waals surface area contributed by atoms with Gasteiger partial charge in [0.2, 0.25) is 0 Å². The molecule has 0 aliphatic heterocycles. The fraction of sp³-hybridized carbons (Fsp3) is 0. The third kappa shape index (κ3) is 4.51. The zero-order valence-electron chi connectivity index (χ0n) is 31.3. The van der Waals surface area contributed by atoms with E-state index in [0.717, 1.165) is 49.9 Å². The van der Waals surface area contributed by atoms with Crippen molar-refractivity contribution in [1.82, 2.24) is 14.1 Å². The molecule has 270 valence electrons. The Morgan fingerprint density at radius 1 is 0.293 bits per heavy atom. The molecular weight excluding hydrogens is 707 g/mol. The van der Waals surface area contributed by atoms with E-state index in [2.05, 4.69) is 208 Å². The Hall–Kier alpha value is -7.82. The molecule has 0 atom stereocenters. The summed E-state index contributed by atoms with van der Waals surface area (Å²) in [6, 6.07) is 70.3. The topological polar surface area (TPSA) is 38.8 Å². The van der Waals surface area contributed by atoms with Crippen LogP contribution in [0.2, 0.25) is 0 Å². The van der Waals surface area contributed by atoms with Crippen LogP contribution >= 0.6 is 0 Å². The molecule has 0 saturated heterocycles. The standard InChI is InChI=1S/C54H33N3O/c1-5-16-49-39(12-1)40-13-2-6-17-50(40)56(49)37-22-25-48-44(31-37)43-29-35(20-24-47(43)55-48)33-10-9-11-34(28-33)36-21-26-53-45(30-36)46-32-38(23-27-54(46)58-53)57-51-18-7-3-14-41(51)42-15-4-8-19-52(42)57/h1-32,55H. The number of hydrogen-bond donors (Lipinski definition) is 1. The van der Waals surface area contributed by atoms with E-state index in [9.17, 15) is 0 Å². The van der Waals surface area contributed by atoms with Crippen LogP contribution in [-0.4, -0.2) is 14.1 Å². The molecule has 0 spiro atoms. The minimum absolute atomic E-state index is 0.888. The van der Waals surface area contributed by atoms with Crippen LogP contribution in [0.15, 0.2) is 199 Å². The van der Waals surface area contributed by atoms with Crippen molar-refractivity contribution in [1.29, 1.82) is 0 Å². The second kappa shape index (κ2) is 11.8. The lowest BCUT2D eigenvalue weighted by atomic mass is 9.97. The zero-order valence-corrected chi connectivity index (χ0v) is 31.3. The van der Waals surface area contributed by atoms with Crippen LogP contribution in [0.3, 0.4) is 0 Å². The highest BCUT2D eigenvalue weighted by molar-refractivity contribution is 6.13. The summed E-state index contributed by atoms with van der Waals surface area (Å²) in [7, 11) is 0. The van der Waals surface area contributed by atoms with Gasteiger partial charge in [0.15, 0.2) is 0 Å². The van der Waals surface area contributed by atoms with Gasteiger partial charge < -0.3 is 18.5 Å². The molecular formula is C54H33N3O. The molecule has 0 amide bonds. The molecule has 4 heterocycles. The number of hydrogen-bond acceptors (Lipinski definition) is 1. The van der Waals surface area contributed by atoms with Gasteiger partial charge in [-0.25, -0.2) is 0 Å². The summed E-state index contributed by atoms with van der Waals surface area (Å²) in [5.41, 5.74) is 15.8. The van der Waals surface area contributed by atoms with E-state index in [4.69, 9.17) is 4.42 Å². The fourth-order valence-corrected chi connectivity index (χ4v) is 9.57. The molecule has 0 bridgehead atoms. The molecule has 13 rings (SSSR count). The molecule has 58 heavy (non-hydrogen) atoms. The summed E-state index contributed by atoms with van der Waals surface area (Å²) in [6.45, 7) is 0. The van der Waals surface area contributed by atoms with E-state index in [1.54, 1.807) is 0 Å². The van der Waals surface area contributed by atoms with Crippen LogP contribution in [0.5, 0.6) is 0 Å². The molecule has 4 heteroatoms. The monoisotopic (exact) mass is 739 g/mol. The number of nitrogens with one attached hydrogen (secondary N) is 1. The Balaban J connectivity index is 0.909. The Morgan fingerprint density at radius 2 is 0.690 bits per heavy atom. The van der Waals surface area contributed by atoms with Crippen molar-refractivity contribution in [3.05, 3.63) is 194 Å². The number of aromatic amines is 1. The number of furan rings is 1. The summed E-state index contributed by atoms with van der Waals surface area (Å²) in [5.74, 6) is 0. The number of fused-ring (bicyclic) bond motifs is 12. The minimum atomic E-state index is 0.888. The van der Waals surface area contributed by atoms with E-state index in [0.29, 0.717) is 0 Å². The summed E-state index contributed by atoms with van der Waals surface area (Å²) in [5, 5.41) is 9.69. The first-order valence-corrected chi connectivity index (χ1v) is 19.8. The van der Waals surface area contributed by atoms with Crippen LogP contribution in [-0.2, 0) is 0 Å². The van der Waals surface area contributed by atoms with Crippen molar-refractivity contribution in [3.63, 3.8) is 0 Å². The maximum atomic E-state index is 6.41. The molecule has 4 aromatic heterocycles. The predicted molar refractivity (Wildman–Crippen MR) is 243 cm³/mol. The second-order valence-corrected chi connectivity index (χ2v) is 15.4. The molecule has 1 N–H and O–H groups in total. The molecule has 0 radical (unpaired) electrons. The summed E-state index contributed by atoms with van der Waals surface area (Å²) < 4.78 is 11.2. The van der Waals surface area contributed by atoms with E-state index in [-0.39, 0.29) is 0 Å². The van der Waals surface area contributed by atoms with E-state index in [1.807, 2.05) is 0 Å². The number of benzene rings is 9. The zero-order chi connectivity index (χ0) is 37.9. The minimum Gasteiger partial charge on any atom is -0.456 e. The van der Waals surface area contributed by atoms with E-state index in [1.165, 1.54) is 71.1 Å². The molecule has 0 fully saturated rings. The van der Waals surface area contributed by atoms with Gasteiger partial charge in [0.1, 0.15) is 11.2 Å². The smallest absolute Gasteiger partial charge is 0.135 e. The predicted octanol–water partition coefficient (Wildman–Crippen LogP) is 14.7.